The molecule has 0 aliphatic carbocycles. The van der Waals surface area contributed by atoms with Crippen LogP contribution in [0, 0.1) is 0 Å². The van der Waals surface area contributed by atoms with E-state index < -0.39 is 22.9 Å². The van der Waals surface area contributed by atoms with Gasteiger partial charge in [-0.2, -0.15) is 13.2 Å². The van der Waals surface area contributed by atoms with Crippen molar-refractivity contribution < 1.29 is 22.7 Å². The highest BCUT2D eigenvalue weighted by Crippen LogP contribution is 2.33. The summed E-state index contributed by atoms with van der Waals surface area (Å²) in [7, 11) is 0. The quantitative estimate of drug-likeness (QED) is 0.660. The minimum atomic E-state index is -4.42. The number of nitrogens with zero attached hydrogens (tertiary/aromatic N) is 2. The van der Waals surface area contributed by atoms with Crippen molar-refractivity contribution in [1.29, 1.82) is 0 Å². The zero-order chi connectivity index (χ0) is 18.9. The van der Waals surface area contributed by atoms with Gasteiger partial charge in [-0.05, 0) is 24.6 Å². The summed E-state index contributed by atoms with van der Waals surface area (Å²) in [5.41, 5.74) is -0.385. The maximum atomic E-state index is 13.0. The summed E-state index contributed by atoms with van der Waals surface area (Å²) in [6.07, 6.45) is -2.73. The Kier molecular flexibility index (Phi) is 4.99. The Morgan fingerprint density at radius 2 is 2.08 bits per heavy atom. The minimum Gasteiger partial charge on any atom is -0.502 e. The molecule has 26 heavy (non-hydrogen) atoms. The van der Waals surface area contributed by atoms with E-state index >= 15 is 0 Å². The molecule has 0 radical (unpaired) electrons. The van der Waals surface area contributed by atoms with Gasteiger partial charge >= 0.3 is 6.18 Å². The third-order valence-electron chi connectivity index (χ3n) is 3.70. The van der Waals surface area contributed by atoms with Gasteiger partial charge in [-0.3, -0.25) is 4.79 Å². The summed E-state index contributed by atoms with van der Waals surface area (Å²) in [6, 6.07) is 4.65. The van der Waals surface area contributed by atoms with Crippen LogP contribution in [0.25, 0.3) is 11.0 Å². The van der Waals surface area contributed by atoms with Gasteiger partial charge in [0.15, 0.2) is 10.9 Å². The lowest BCUT2D eigenvalue weighted by atomic mass is 10.2. The van der Waals surface area contributed by atoms with Gasteiger partial charge in [-0.25, -0.2) is 4.98 Å². The smallest absolute Gasteiger partial charge is 0.416 e. The number of halogens is 3. The Hall–Kier alpha value is -2.42. The molecule has 0 fully saturated rings. The normalized spacial score (nSPS) is 12.0. The number of aromatic nitrogens is 2. The van der Waals surface area contributed by atoms with Crippen molar-refractivity contribution in [3.8, 4) is 5.75 Å². The first-order valence-electron chi connectivity index (χ1n) is 7.80. The lowest BCUT2D eigenvalue weighted by molar-refractivity contribution is -0.137. The van der Waals surface area contributed by atoms with E-state index in [0.717, 1.165) is 24.8 Å². The van der Waals surface area contributed by atoms with E-state index in [9.17, 15) is 23.1 Å². The first kappa shape index (κ1) is 18.4. The molecule has 0 spiro atoms. The van der Waals surface area contributed by atoms with Crippen LogP contribution in [0.15, 0.2) is 44.9 Å². The fourth-order valence-electron chi connectivity index (χ4n) is 2.48. The number of imidazole rings is 1. The molecule has 2 aromatic heterocycles. The highest BCUT2D eigenvalue weighted by molar-refractivity contribution is 7.98. The molecule has 3 aromatic rings. The van der Waals surface area contributed by atoms with Gasteiger partial charge in [-0.15, -0.1) is 0 Å². The number of fused-ring (bicyclic) bond motifs is 1. The largest absolute Gasteiger partial charge is 0.502 e. The van der Waals surface area contributed by atoms with E-state index in [1.807, 2.05) is 6.92 Å². The number of hydrogen-bond donors (Lipinski definition) is 1. The molecule has 0 amide bonds. The summed E-state index contributed by atoms with van der Waals surface area (Å²) >= 11 is 1.25. The zero-order valence-electron chi connectivity index (χ0n) is 13.7. The van der Waals surface area contributed by atoms with Crippen molar-refractivity contribution in [2.75, 3.05) is 0 Å². The predicted molar refractivity (Wildman–Crippen MR) is 91.2 cm³/mol. The number of thioether (sulfide) groups is 1. The maximum Gasteiger partial charge on any atom is 0.416 e. The molecule has 0 saturated heterocycles. The summed E-state index contributed by atoms with van der Waals surface area (Å²) in [6.45, 7) is 2.44. The zero-order valence-corrected chi connectivity index (χ0v) is 14.5. The highest BCUT2D eigenvalue weighted by atomic mass is 32.2. The van der Waals surface area contributed by atoms with Crippen LogP contribution in [0.4, 0.5) is 13.2 Å². The molecule has 1 N–H and O–H groups in total. The maximum absolute atomic E-state index is 13.0. The molecule has 0 aliphatic heterocycles. The van der Waals surface area contributed by atoms with Gasteiger partial charge in [-0.1, -0.05) is 18.7 Å². The molecular weight excluding hydrogens is 369 g/mol. The molecule has 0 unspecified atom stereocenters. The van der Waals surface area contributed by atoms with Crippen molar-refractivity contribution in [3.05, 3.63) is 52.1 Å². The molecule has 0 bridgehead atoms. The summed E-state index contributed by atoms with van der Waals surface area (Å²) in [5.74, 6) is 0.120. The monoisotopic (exact) mass is 384 g/mol. The highest BCUT2D eigenvalue weighted by Gasteiger charge is 2.31. The fraction of sp³-hybridized carbons (Fsp3) is 0.294. The number of aryl methyl sites for hydroxylation is 1. The number of hydrogen-bond acceptors (Lipinski definition) is 5. The third kappa shape index (κ3) is 3.72. The Labute approximate surface area is 150 Å². The van der Waals surface area contributed by atoms with Crippen molar-refractivity contribution in [2.45, 2.75) is 37.0 Å². The SMILES string of the molecule is CCCn1c(SCc2cc(=O)c(O)co2)nc2ccc(C(F)(F)F)cc21. The molecule has 3 rings (SSSR count). The summed E-state index contributed by atoms with van der Waals surface area (Å²) in [4.78, 5) is 15.8. The molecule has 0 aliphatic rings. The second kappa shape index (κ2) is 7.06. The van der Waals surface area contributed by atoms with Crippen molar-refractivity contribution in [2.24, 2.45) is 0 Å². The first-order valence-corrected chi connectivity index (χ1v) is 8.79. The molecule has 5 nitrogen and oxygen atoms in total. The average Bonchev–Trinajstić information content (AvgIpc) is 2.93. The van der Waals surface area contributed by atoms with Gasteiger partial charge < -0.3 is 14.1 Å². The van der Waals surface area contributed by atoms with Crippen LogP contribution in [-0.4, -0.2) is 14.7 Å². The average molecular weight is 384 g/mol. The van der Waals surface area contributed by atoms with Gasteiger partial charge in [0.1, 0.15) is 12.0 Å². The third-order valence-corrected chi connectivity index (χ3v) is 4.70. The second-order valence-electron chi connectivity index (χ2n) is 5.63. The Morgan fingerprint density at radius 1 is 1.31 bits per heavy atom. The molecule has 0 atom stereocenters. The van der Waals surface area contributed by atoms with E-state index in [1.54, 1.807) is 4.57 Å². The molecular formula is C17H15F3N2O3S. The standard InChI is InChI=1S/C17H15F3N2O3S/c1-2-5-22-13-6-10(17(18,19)20)3-4-12(13)21-16(22)26-9-11-7-14(23)15(24)8-25-11/h3-4,6-8,24H,2,5,9H2,1H3. The van der Waals surface area contributed by atoms with E-state index in [4.69, 9.17) is 4.42 Å². The molecule has 9 heteroatoms. The number of rotatable bonds is 5. The van der Waals surface area contributed by atoms with Crippen LogP contribution >= 0.6 is 11.8 Å². The lowest BCUT2D eigenvalue weighted by Gasteiger charge is -2.09. The van der Waals surface area contributed by atoms with Crippen molar-refractivity contribution >= 4 is 22.8 Å². The summed E-state index contributed by atoms with van der Waals surface area (Å²) in [5, 5.41) is 9.75. The lowest BCUT2D eigenvalue weighted by Crippen LogP contribution is -2.05. The summed E-state index contributed by atoms with van der Waals surface area (Å²) < 4.78 is 45.8. The second-order valence-corrected chi connectivity index (χ2v) is 6.57. The van der Waals surface area contributed by atoms with E-state index in [-0.39, 0.29) is 5.75 Å². The van der Waals surface area contributed by atoms with Gasteiger partial charge in [0.25, 0.3) is 0 Å². The number of alkyl halides is 3. The predicted octanol–water partition coefficient (Wildman–Crippen LogP) is 4.42. The minimum absolute atomic E-state index is 0.259. The van der Waals surface area contributed by atoms with Crippen LogP contribution in [0.2, 0.25) is 0 Å². The van der Waals surface area contributed by atoms with Crippen LogP contribution in [0.1, 0.15) is 24.7 Å². The Balaban J connectivity index is 1.95. The van der Waals surface area contributed by atoms with Crippen molar-refractivity contribution in [1.82, 2.24) is 9.55 Å². The number of aromatic hydroxyl groups is 1. The van der Waals surface area contributed by atoms with Crippen LogP contribution in [0.5, 0.6) is 5.75 Å². The van der Waals surface area contributed by atoms with Crippen LogP contribution < -0.4 is 5.43 Å². The van der Waals surface area contributed by atoms with Gasteiger partial charge in [0.2, 0.25) is 5.43 Å². The van der Waals surface area contributed by atoms with E-state index in [2.05, 4.69) is 4.98 Å². The number of benzene rings is 1. The Morgan fingerprint density at radius 3 is 2.73 bits per heavy atom. The topological polar surface area (TPSA) is 68.3 Å². The van der Waals surface area contributed by atoms with Crippen LogP contribution in [-0.2, 0) is 18.5 Å². The van der Waals surface area contributed by atoms with Gasteiger partial charge in [0.05, 0.1) is 22.3 Å². The molecule has 2 heterocycles. The fourth-order valence-corrected chi connectivity index (χ4v) is 3.41. The molecule has 138 valence electrons. The molecule has 1 aromatic carbocycles. The first-order chi connectivity index (χ1) is 12.3. The van der Waals surface area contributed by atoms with Gasteiger partial charge in [0, 0.05) is 12.6 Å². The van der Waals surface area contributed by atoms with E-state index in [1.165, 1.54) is 23.9 Å². The van der Waals surface area contributed by atoms with Crippen molar-refractivity contribution in [3.63, 3.8) is 0 Å². The van der Waals surface area contributed by atoms with Crippen LogP contribution in [0.3, 0.4) is 0 Å². The molecule has 0 saturated carbocycles. The Bertz CT molecular complexity index is 995. The van der Waals surface area contributed by atoms with E-state index in [0.29, 0.717) is 28.5 Å².